The number of nitrogens with one attached hydrogen (secondary N) is 1. The molecule has 1 aromatic rings. The molecule has 1 aromatic carbocycles. The van der Waals surface area contributed by atoms with E-state index >= 15 is 0 Å². The topological polar surface area (TPSA) is 35.6 Å². The summed E-state index contributed by atoms with van der Waals surface area (Å²) in [6.45, 7) is 12.6. The van der Waals surface area contributed by atoms with Gasteiger partial charge in [0.25, 0.3) is 0 Å². The molecule has 0 radical (unpaired) electrons. The Hall–Kier alpha value is -1.10. The third-order valence-corrected chi connectivity index (χ3v) is 4.87. The predicted octanol–water partition coefficient (Wildman–Crippen LogP) is 2.77. The van der Waals surface area contributed by atoms with E-state index < -0.39 is 0 Å². The van der Waals surface area contributed by atoms with Crippen LogP contribution in [0.25, 0.3) is 0 Å². The molecule has 0 unspecified atom stereocenters. The van der Waals surface area contributed by atoms with Crippen molar-refractivity contribution in [2.75, 3.05) is 46.3 Å². The van der Waals surface area contributed by atoms with Crippen LogP contribution < -0.4 is 5.32 Å². The average Bonchev–Trinajstić information content (AvgIpc) is 2.56. The fourth-order valence-corrected chi connectivity index (χ4v) is 3.29. The van der Waals surface area contributed by atoms with E-state index in [4.69, 9.17) is 0 Å². The fraction of sp³-hybridized carbons (Fsp3) is 0.650. The molecule has 0 spiro atoms. The van der Waals surface area contributed by atoms with E-state index in [1.807, 2.05) is 13.0 Å². The van der Waals surface area contributed by atoms with Gasteiger partial charge in [0.2, 0.25) is 5.91 Å². The number of carbonyl (C=O) groups is 1. The van der Waals surface area contributed by atoms with Gasteiger partial charge in [0.15, 0.2) is 0 Å². The van der Waals surface area contributed by atoms with Gasteiger partial charge >= 0.3 is 0 Å². The number of carbonyl (C=O) groups excluding carboxylic acids is 1. The van der Waals surface area contributed by atoms with Crippen LogP contribution in [0.4, 0.5) is 0 Å². The molecule has 0 aromatic heterocycles. The number of piperazine rings is 1. The first-order chi connectivity index (χ1) is 11.5. The molecule has 2 rings (SSSR count). The van der Waals surface area contributed by atoms with E-state index in [0.29, 0.717) is 5.92 Å². The highest BCUT2D eigenvalue weighted by Gasteiger charge is 2.19. The number of rotatable bonds is 7. The first-order valence-corrected chi connectivity index (χ1v) is 9.23. The third kappa shape index (κ3) is 6.96. The number of nitrogens with zero attached hydrogens (tertiary/aromatic N) is 2. The Labute approximate surface area is 159 Å². The maximum absolute atomic E-state index is 12.5. The molecule has 1 amide bonds. The highest BCUT2D eigenvalue weighted by molar-refractivity contribution is 5.85. The maximum atomic E-state index is 12.5. The molecule has 1 saturated heterocycles. The minimum atomic E-state index is -0.0903. The molecule has 1 heterocycles. The number of likely N-dealkylation sites (N-methyl/N-ethyl adjacent to an activating group) is 1. The van der Waals surface area contributed by atoms with E-state index in [1.165, 1.54) is 11.1 Å². The van der Waals surface area contributed by atoms with Crippen molar-refractivity contribution in [3.8, 4) is 0 Å². The summed E-state index contributed by atoms with van der Waals surface area (Å²) in [6, 6.07) is 8.36. The lowest BCUT2D eigenvalue weighted by molar-refractivity contribution is -0.122. The lowest BCUT2D eigenvalue weighted by Gasteiger charge is -2.32. The van der Waals surface area contributed by atoms with Crippen LogP contribution in [0.5, 0.6) is 0 Å². The second-order valence-electron chi connectivity index (χ2n) is 7.45. The molecule has 1 N–H and O–H groups in total. The van der Waals surface area contributed by atoms with Gasteiger partial charge in [-0.05, 0) is 37.4 Å². The summed E-state index contributed by atoms with van der Waals surface area (Å²) in [4.78, 5) is 17.3. The largest absolute Gasteiger partial charge is 0.354 e. The van der Waals surface area contributed by atoms with Crippen LogP contribution in [-0.4, -0.2) is 62.0 Å². The summed E-state index contributed by atoms with van der Waals surface area (Å²) in [5.74, 6) is 0.645. The van der Waals surface area contributed by atoms with Gasteiger partial charge in [-0.2, -0.15) is 0 Å². The van der Waals surface area contributed by atoms with Gasteiger partial charge in [-0.1, -0.05) is 38.1 Å². The van der Waals surface area contributed by atoms with Crippen LogP contribution in [0.2, 0.25) is 0 Å². The molecular formula is C20H34ClN3O. The maximum Gasteiger partial charge on any atom is 0.227 e. The van der Waals surface area contributed by atoms with Crippen molar-refractivity contribution in [3.63, 3.8) is 0 Å². The highest BCUT2D eigenvalue weighted by Crippen LogP contribution is 2.22. The molecule has 0 saturated carbocycles. The molecule has 1 aliphatic heterocycles. The van der Waals surface area contributed by atoms with E-state index in [1.54, 1.807) is 0 Å². The molecule has 142 valence electrons. The minimum absolute atomic E-state index is 0. The van der Waals surface area contributed by atoms with Gasteiger partial charge in [0.1, 0.15) is 0 Å². The number of benzene rings is 1. The van der Waals surface area contributed by atoms with Crippen molar-refractivity contribution in [1.82, 2.24) is 15.1 Å². The molecular weight excluding hydrogens is 334 g/mol. The quantitative estimate of drug-likeness (QED) is 0.804. The summed E-state index contributed by atoms with van der Waals surface area (Å²) < 4.78 is 0. The minimum Gasteiger partial charge on any atom is -0.354 e. The summed E-state index contributed by atoms with van der Waals surface area (Å²) >= 11 is 0. The van der Waals surface area contributed by atoms with Gasteiger partial charge in [-0.3, -0.25) is 9.69 Å². The van der Waals surface area contributed by atoms with Crippen LogP contribution in [0.1, 0.15) is 37.8 Å². The fourth-order valence-electron chi connectivity index (χ4n) is 3.29. The molecule has 4 nitrogen and oxygen atoms in total. The Bertz CT molecular complexity index is 527. The highest BCUT2D eigenvalue weighted by atomic mass is 35.5. The lowest BCUT2D eigenvalue weighted by Crippen LogP contribution is -2.47. The summed E-state index contributed by atoms with van der Waals surface area (Å²) in [6.07, 6.45) is 1.02. The van der Waals surface area contributed by atoms with Crippen LogP contribution in [0, 0.1) is 5.92 Å². The average molecular weight is 368 g/mol. The summed E-state index contributed by atoms with van der Waals surface area (Å²) in [5, 5.41) is 3.13. The standard InChI is InChI=1S/C20H33N3O.ClH/c1-16(2)15-18-7-5-6-8-19(18)17(3)20(24)21-9-10-23-13-11-22(4)12-14-23;/h5-8,16-17H,9-15H2,1-4H3,(H,21,24);1H/t17-;/m1./s1. The summed E-state index contributed by atoms with van der Waals surface area (Å²) in [5.41, 5.74) is 2.47. The molecule has 1 aliphatic rings. The Morgan fingerprint density at radius 1 is 1.12 bits per heavy atom. The van der Waals surface area contributed by atoms with Crippen molar-refractivity contribution in [2.45, 2.75) is 33.1 Å². The Balaban J connectivity index is 0.00000312. The predicted molar refractivity (Wildman–Crippen MR) is 108 cm³/mol. The van der Waals surface area contributed by atoms with Crippen molar-refractivity contribution >= 4 is 18.3 Å². The molecule has 5 heteroatoms. The molecule has 0 aliphatic carbocycles. The van der Waals surface area contributed by atoms with Crippen molar-refractivity contribution in [2.24, 2.45) is 5.92 Å². The van der Waals surface area contributed by atoms with E-state index in [0.717, 1.165) is 45.7 Å². The van der Waals surface area contributed by atoms with Crippen LogP contribution in [0.3, 0.4) is 0 Å². The normalized spacial score (nSPS) is 17.2. The first-order valence-electron chi connectivity index (χ1n) is 9.23. The first kappa shape index (κ1) is 21.9. The second-order valence-corrected chi connectivity index (χ2v) is 7.45. The number of halogens is 1. The van der Waals surface area contributed by atoms with Crippen molar-refractivity contribution in [3.05, 3.63) is 35.4 Å². The van der Waals surface area contributed by atoms with Crippen molar-refractivity contribution in [1.29, 1.82) is 0 Å². The Kier molecular flexibility index (Phi) is 9.47. The lowest BCUT2D eigenvalue weighted by atomic mass is 9.90. The van der Waals surface area contributed by atoms with Gasteiger partial charge in [-0.25, -0.2) is 0 Å². The molecule has 1 atom stereocenters. The van der Waals surface area contributed by atoms with E-state index in [9.17, 15) is 4.79 Å². The Morgan fingerprint density at radius 3 is 2.40 bits per heavy atom. The third-order valence-electron chi connectivity index (χ3n) is 4.87. The Morgan fingerprint density at radius 2 is 1.76 bits per heavy atom. The zero-order valence-corrected chi connectivity index (χ0v) is 16.9. The SMILES string of the molecule is CC(C)Cc1ccccc1[C@@H](C)C(=O)NCCN1CCN(C)CC1.Cl. The second kappa shape index (κ2) is 10.8. The van der Waals surface area contributed by atoms with Crippen molar-refractivity contribution < 1.29 is 4.79 Å². The van der Waals surface area contributed by atoms with E-state index in [2.05, 4.69) is 54.2 Å². The zero-order valence-electron chi connectivity index (χ0n) is 16.1. The van der Waals surface area contributed by atoms with Crippen LogP contribution in [-0.2, 0) is 11.2 Å². The molecule has 25 heavy (non-hydrogen) atoms. The van der Waals surface area contributed by atoms with Crippen LogP contribution in [0.15, 0.2) is 24.3 Å². The number of hydrogen-bond donors (Lipinski definition) is 1. The molecule has 0 bridgehead atoms. The van der Waals surface area contributed by atoms with Gasteiger partial charge in [-0.15, -0.1) is 12.4 Å². The van der Waals surface area contributed by atoms with E-state index in [-0.39, 0.29) is 24.2 Å². The summed E-state index contributed by atoms with van der Waals surface area (Å²) in [7, 11) is 2.16. The zero-order chi connectivity index (χ0) is 17.5. The van der Waals surface area contributed by atoms with Gasteiger partial charge in [0, 0.05) is 39.3 Å². The van der Waals surface area contributed by atoms with Crippen LogP contribution >= 0.6 is 12.4 Å². The number of hydrogen-bond acceptors (Lipinski definition) is 3. The monoisotopic (exact) mass is 367 g/mol. The smallest absolute Gasteiger partial charge is 0.227 e. The number of amides is 1. The van der Waals surface area contributed by atoms with Gasteiger partial charge < -0.3 is 10.2 Å². The van der Waals surface area contributed by atoms with Gasteiger partial charge in [0.05, 0.1) is 5.92 Å². The molecule has 1 fully saturated rings.